The van der Waals surface area contributed by atoms with Gasteiger partial charge in [0, 0.05) is 24.2 Å². The molecule has 4 rings (SSSR count). The molecule has 0 bridgehead atoms. The van der Waals surface area contributed by atoms with Crippen molar-refractivity contribution < 1.29 is 23.1 Å². The smallest absolute Gasteiger partial charge is 0.437 e. The van der Waals surface area contributed by atoms with Crippen molar-refractivity contribution in [3.63, 3.8) is 0 Å². The SMILES string of the molecule is CC(C(=O)Nc1cc(C2CC2)nn1C(=O)OC(C)(C)C)c1ccn(-c2cc(F)cc(F)c2)n1. The van der Waals surface area contributed by atoms with Crippen LogP contribution in [0.4, 0.5) is 19.4 Å². The Morgan fingerprint density at radius 3 is 2.39 bits per heavy atom. The number of halogens is 2. The van der Waals surface area contributed by atoms with Crippen LogP contribution in [-0.2, 0) is 9.53 Å². The third-order valence-corrected chi connectivity index (χ3v) is 5.10. The molecule has 0 aliphatic heterocycles. The summed E-state index contributed by atoms with van der Waals surface area (Å²) in [7, 11) is 0. The minimum Gasteiger partial charge on any atom is -0.442 e. The highest BCUT2D eigenvalue weighted by molar-refractivity contribution is 5.96. The van der Waals surface area contributed by atoms with Crippen molar-refractivity contribution in [3.8, 4) is 5.69 Å². The van der Waals surface area contributed by atoms with Crippen LogP contribution in [0.15, 0.2) is 36.5 Å². The fourth-order valence-corrected chi connectivity index (χ4v) is 3.26. The van der Waals surface area contributed by atoms with E-state index in [9.17, 15) is 18.4 Å². The third-order valence-electron chi connectivity index (χ3n) is 5.10. The van der Waals surface area contributed by atoms with Crippen LogP contribution in [0.5, 0.6) is 0 Å². The van der Waals surface area contributed by atoms with Gasteiger partial charge >= 0.3 is 6.09 Å². The topological polar surface area (TPSA) is 91.0 Å². The number of ether oxygens (including phenoxy) is 1. The monoisotopic (exact) mass is 457 g/mol. The first-order chi connectivity index (χ1) is 15.5. The van der Waals surface area contributed by atoms with Gasteiger partial charge in [-0.05, 0) is 58.7 Å². The highest BCUT2D eigenvalue weighted by Crippen LogP contribution is 2.40. The summed E-state index contributed by atoms with van der Waals surface area (Å²) in [5.41, 5.74) is 0.591. The van der Waals surface area contributed by atoms with Gasteiger partial charge in [-0.1, -0.05) is 0 Å². The summed E-state index contributed by atoms with van der Waals surface area (Å²) in [4.78, 5) is 25.6. The van der Waals surface area contributed by atoms with E-state index < -0.39 is 35.2 Å². The van der Waals surface area contributed by atoms with Crippen LogP contribution in [0.2, 0.25) is 0 Å². The maximum absolute atomic E-state index is 13.5. The average molecular weight is 457 g/mol. The van der Waals surface area contributed by atoms with Crippen molar-refractivity contribution in [2.75, 3.05) is 5.32 Å². The van der Waals surface area contributed by atoms with Crippen LogP contribution >= 0.6 is 0 Å². The number of hydrogen-bond acceptors (Lipinski definition) is 5. The number of hydrogen-bond donors (Lipinski definition) is 1. The summed E-state index contributed by atoms with van der Waals surface area (Å²) in [5, 5.41) is 11.4. The number of nitrogens with one attached hydrogen (secondary N) is 1. The van der Waals surface area contributed by atoms with Crippen LogP contribution in [0.25, 0.3) is 5.69 Å². The van der Waals surface area contributed by atoms with Gasteiger partial charge in [-0.3, -0.25) is 4.79 Å². The molecule has 1 unspecified atom stereocenters. The standard InChI is InChI=1S/C23H25F2N5O3/c1-13(18-7-8-29(27-18)17-10-15(24)9-16(25)11-17)21(31)26-20-12-19(14-5-6-14)28-30(20)22(32)33-23(2,3)4/h7-14H,5-6H2,1-4H3,(H,26,31). The van der Waals surface area contributed by atoms with Crippen molar-refractivity contribution >= 4 is 17.8 Å². The maximum atomic E-state index is 13.5. The lowest BCUT2D eigenvalue weighted by Crippen LogP contribution is -2.30. The van der Waals surface area contributed by atoms with Gasteiger partial charge in [-0.15, -0.1) is 4.68 Å². The van der Waals surface area contributed by atoms with Crippen LogP contribution in [0.3, 0.4) is 0 Å². The van der Waals surface area contributed by atoms with Gasteiger partial charge in [0.1, 0.15) is 23.1 Å². The quantitative estimate of drug-likeness (QED) is 0.597. The summed E-state index contributed by atoms with van der Waals surface area (Å²) in [6, 6.07) is 6.33. The maximum Gasteiger partial charge on any atom is 0.437 e. The second-order valence-electron chi connectivity index (χ2n) is 9.14. The number of amides is 1. The Hall–Kier alpha value is -3.56. The lowest BCUT2D eigenvalue weighted by molar-refractivity contribution is -0.117. The highest BCUT2D eigenvalue weighted by Gasteiger charge is 2.31. The zero-order chi connectivity index (χ0) is 23.9. The first-order valence-corrected chi connectivity index (χ1v) is 10.7. The summed E-state index contributed by atoms with van der Waals surface area (Å²) in [6.07, 6.45) is 2.79. The first-order valence-electron chi connectivity index (χ1n) is 10.7. The van der Waals surface area contributed by atoms with Gasteiger partial charge in [-0.2, -0.15) is 10.2 Å². The van der Waals surface area contributed by atoms with E-state index in [4.69, 9.17) is 4.74 Å². The Bertz CT molecular complexity index is 1190. The molecular formula is C23H25F2N5O3. The van der Waals surface area contributed by atoms with Gasteiger partial charge in [0.25, 0.3) is 0 Å². The Morgan fingerprint density at radius 2 is 1.79 bits per heavy atom. The fraction of sp³-hybridized carbons (Fsp3) is 0.391. The molecule has 10 heteroatoms. The summed E-state index contributed by atoms with van der Waals surface area (Å²) in [5.74, 6) is -2.10. The van der Waals surface area contributed by atoms with E-state index in [0.717, 1.165) is 41.4 Å². The van der Waals surface area contributed by atoms with E-state index in [-0.39, 0.29) is 17.4 Å². The van der Waals surface area contributed by atoms with Crippen molar-refractivity contribution in [1.29, 1.82) is 0 Å². The molecule has 1 amide bonds. The molecule has 3 aromatic rings. The Balaban J connectivity index is 1.53. The van der Waals surface area contributed by atoms with Crippen LogP contribution < -0.4 is 5.32 Å². The van der Waals surface area contributed by atoms with Crippen molar-refractivity contribution in [3.05, 3.63) is 59.6 Å². The number of aromatic nitrogens is 4. The largest absolute Gasteiger partial charge is 0.442 e. The van der Waals surface area contributed by atoms with E-state index in [1.54, 1.807) is 39.8 Å². The van der Waals surface area contributed by atoms with Gasteiger partial charge in [0.15, 0.2) is 0 Å². The molecule has 174 valence electrons. The van der Waals surface area contributed by atoms with Crippen molar-refractivity contribution in [2.24, 2.45) is 0 Å². The van der Waals surface area contributed by atoms with E-state index in [0.29, 0.717) is 5.69 Å². The van der Waals surface area contributed by atoms with Crippen LogP contribution in [0.1, 0.15) is 63.8 Å². The van der Waals surface area contributed by atoms with E-state index in [2.05, 4.69) is 15.5 Å². The van der Waals surface area contributed by atoms with Crippen LogP contribution in [-0.4, -0.2) is 37.2 Å². The third kappa shape index (κ3) is 5.27. The molecule has 1 N–H and O–H groups in total. The molecule has 1 saturated carbocycles. The number of rotatable bonds is 5. The predicted octanol–water partition coefficient (Wildman–Crippen LogP) is 4.75. The normalized spacial score (nSPS) is 14.7. The van der Waals surface area contributed by atoms with Gasteiger partial charge < -0.3 is 10.1 Å². The van der Waals surface area contributed by atoms with E-state index >= 15 is 0 Å². The van der Waals surface area contributed by atoms with E-state index in [1.807, 2.05) is 0 Å². The number of nitrogens with zero attached hydrogens (tertiary/aromatic N) is 4. The van der Waals surface area contributed by atoms with Crippen molar-refractivity contribution in [1.82, 2.24) is 19.6 Å². The predicted molar refractivity (Wildman–Crippen MR) is 116 cm³/mol. The van der Waals surface area contributed by atoms with Gasteiger partial charge in [0.2, 0.25) is 5.91 Å². The molecule has 1 aliphatic rings. The number of carbonyl (C=O) groups excluding carboxylic acids is 2. The molecule has 0 saturated heterocycles. The Labute approximate surface area is 189 Å². The molecule has 1 fully saturated rings. The van der Waals surface area contributed by atoms with Crippen molar-refractivity contribution in [2.45, 2.75) is 58.0 Å². The molecule has 2 aromatic heterocycles. The highest BCUT2D eigenvalue weighted by atomic mass is 19.1. The minimum absolute atomic E-state index is 0.198. The molecule has 8 nitrogen and oxygen atoms in total. The summed E-state index contributed by atoms with van der Waals surface area (Å²) in [6.45, 7) is 6.89. The molecule has 33 heavy (non-hydrogen) atoms. The molecule has 0 radical (unpaired) electrons. The number of anilines is 1. The zero-order valence-corrected chi connectivity index (χ0v) is 18.8. The van der Waals surface area contributed by atoms with Crippen LogP contribution in [0, 0.1) is 11.6 Å². The second kappa shape index (κ2) is 8.42. The fourth-order valence-electron chi connectivity index (χ4n) is 3.26. The van der Waals surface area contributed by atoms with E-state index in [1.165, 1.54) is 10.9 Å². The molecular weight excluding hydrogens is 432 g/mol. The molecule has 1 atom stereocenters. The lowest BCUT2D eigenvalue weighted by atomic mass is 10.1. The second-order valence-corrected chi connectivity index (χ2v) is 9.14. The average Bonchev–Trinajstić information content (AvgIpc) is 3.28. The lowest BCUT2D eigenvalue weighted by Gasteiger charge is -2.20. The van der Waals surface area contributed by atoms with Gasteiger partial charge in [0.05, 0.1) is 23.0 Å². The minimum atomic E-state index is -0.727. The summed E-state index contributed by atoms with van der Waals surface area (Å²) < 4.78 is 34.8. The zero-order valence-electron chi connectivity index (χ0n) is 18.8. The molecule has 2 heterocycles. The molecule has 1 aliphatic carbocycles. The van der Waals surface area contributed by atoms with Gasteiger partial charge in [-0.25, -0.2) is 18.3 Å². The number of carbonyl (C=O) groups is 2. The first kappa shape index (κ1) is 22.6. The Kier molecular flexibility index (Phi) is 5.77. The molecule has 0 spiro atoms. The summed E-state index contributed by atoms with van der Waals surface area (Å²) >= 11 is 0. The Morgan fingerprint density at radius 1 is 1.12 bits per heavy atom. The molecule has 1 aromatic carbocycles. The number of benzene rings is 1.